The molecule has 0 fully saturated rings. The molecule has 13 heteroatoms. The Bertz CT molecular complexity index is 2020. The van der Waals surface area contributed by atoms with Gasteiger partial charge in [0.05, 0.1) is 16.9 Å². The maximum absolute atomic E-state index is 13.4. The molecule has 1 amide bonds. The zero-order valence-electron chi connectivity index (χ0n) is 24.6. The van der Waals surface area contributed by atoms with Gasteiger partial charge in [-0.05, 0) is 54.4 Å². The molecule has 0 saturated heterocycles. The van der Waals surface area contributed by atoms with Crippen LogP contribution in [0.2, 0.25) is 10.2 Å². The Balaban J connectivity index is 1.34. The van der Waals surface area contributed by atoms with Crippen LogP contribution in [0.4, 0.5) is 5.69 Å². The lowest BCUT2D eigenvalue weighted by Crippen LogP contribution is -2.42. The quantitative estimate of drug-likeness (QED) is 0.141. The summed E-state index contributed by atoms with van der Waals surface area (Å²) in [4.78, 5) is 25.4. The molecule has 5 rings (SSSR count). The fraction of sp³-hybridized carbons (Fsp3) is 0.121. The lowest BCUT2D eigenvalue weighted by molar-refractivity contribution is -0.139. The molecule has 0 bridgehead atoms. The van der Waals surface area contributed by atoms with E-state index in [9.17, 15) is 23.1 Å². The van der Waals surface area contributed by atoms with E-state index in [0.29, 0.717) is 17.1 Å². The average molecular weight is 680 g/mol. The van der Waals surface area contributed by atoms with E-state index in [1.54, 1.807) is 12.1 Å². The Kier molecular flexibility index (Phi) is 9.66. The number of carbonyl (C=O) groups excluding carboxylic acids is 1. The molecular formula is C33H28Cl2N4O6S. The van der Waals surface area contributed by atoms with Crippen molar-refractivity contribution >= 4 is 50.8 Å². The lowest BCUT2D eigenvalue weighted by Gasteiger charge is -2.18. The highest BCUT2D eigenvalue weighted by molar-refractivity contribution is 7.92. The van der Waals surface area contributed by atoms with E-state index in [2.05, 4.69) is 15.1 Å². The first-order valence-electron chi connectivity index (χ1n) is 13.9. The second-order valence-electron chi connectivity index (χ2n) is 10.3. The summed E-state index contributed by atoms with van der Waals surface area (Å²) in [6.07, 6.45) is -0.0460. The third kappa shape index (κ3) is 7.34. The number of nitrogens with zero attached hydrogens (tertiary/aromatic N) is 2. The molecule has 0 aliphatic carbocycles. The fourth-order valence-electron chi connectivity index (χ4n) is 4.81. The Morgan fingerprint density at radius 2 is 1.63 bits per heavy atom. The van der Waals surface area contributed by atoms with E-state index in [0.717, 1.165) is 11.1 Å². The largest absolute Gasteiger partial charge is 0.480 e. The van der Waals surface area contributed by atoms with Gasteiger partial charge in [0.15, 0.2) is 0 Å². The first-order chi connectivity index (χ1) is 21.9. The summed E-state index contributed by atoms with van der Waals surface area (Å²) in [7, 11) is -2.78. The number of nitrogens with one attached hydrogen (secondary N) is 2. The van der Waals surface area contributed by atoms with Crippen LogP contribution >= 0.6 is 23.2 Å². The lowest BCUT2D eigenvalue weighted by atomic mass is 9.99. The monoisotopic (exact) mass is 678 g/mol. The molecule has 1 atom stereocenters. The number of anilines is 1. The van der Waals surface area contributed by atoms with E-state index in [1.165, 1.54) is 36.9 Å². The number of hydrogen-bond acceptors (Lipinski definition) is 6. The molecule has 4 aromatic carbocycles. The summed E-state index contributed by atoms with van der Waals surface area (Å²) in [5.41, 5.74) is 2.21. The van der Waals surface area contributed by atoms with Crippen LogP contribution in [0.5, 0.6) is 11.5 Å². The number of halogens is 2. The number of carboxylic acid groups (broad SMARTS) is 1. The molecule has 5 aromatic rings. The standard InChI is InChI=1S/C33H28Cl2N4O6S/c1-20-30(31(35)39(2)37-20)46(43,44)38-27-17-16-23(34)19-26(27)32(40)36-28(33(41)42)18-21-12-14-22(15-13-21)25-10-6-7-11-29(25)45-24-8-4-3-5-9-24/h3-17,19,28,38H,18H2,1-2H3,(H,36,40)(H,41,42)/t28-/m0/s1. The van der Waals surface area contributed by atoms with E-state index >= 15 is 0 Å². The zero-order valence-corrected chi connectivity index (χ0v) is 26.9. The van der Waals surface area contributed by atoms with Crippen LogP contribution in [0.1, 0.15) is 21.6 Å². The van der Waals surface area contributed by atoms with Gasteiger partial charge in [0.2, 0.25) is 0 Å². The number of carboxylic acids is 1. The first kappa shape index (κ1) is 32.6. The molecule has 0 spiro atoms. The number of rotatable bonds is 11. The van der Waals surface area contributed by atoms with Crippen molar-refractivity contribution in [2.24, 2.45) is 7.05 Å². The number of aliphatic carboxylic acids is 1. The van der Waals surface area contributed by atoms with Crippen molar-refractivity contribution < 1.29 is 27.9 Å². The third-order valence-electron chi connectivity index (χ3n) is 7.01. The minimum absolute atomic E-state index is 0.0460. The first-order valence-corrected chi connectivity index (χ1v) is 16.1. The summed E-state index contributed by atoms with van der Waals surface area (Å²) >= 11 is 12.3. The summed E-state index contributed by atoms with van der Waals surface area (Å²) < 4.78 is 36.1. The van der Waals surface area contributed by atoms with Crippen molar-refractivity contribution in [3.8, 4) is 22.6 Å². The molecule has 1 heterocycles. The van der Waals surface area contributed by atoms with Crippen LogP contribution in [-0.4, -0.2) is 41.2 Å². The van der Waals surface area contributed by atoms with Gasteiger partial charge < -0.3 is 15.2 Å². The molecule has 46 heavy (non-hydrogen) atoms. The number of benzene rings is 4. The van der Waals surface area contributed by atoms with Gasteiger partial charge in [0, 0.05) is 24.1 Å². The number of amides is 1. The molecule has 1 aromatic heterocycles. The SMILES string of the molecule is Cc1nn(C)c(Cl)c1S(=O)(=O)Nc1ccc(Cl)cc1C(=O)N[C@@H](Cc1ccc(-c2ccccc2Oc2ccccc2)cc1)C(=O)O. The minimum Gasteiger partial charge on any atom is -0.480 e. The average Bonchev–Trinajstić information content (AvgIpc) is 3.29. The van der Waals surface area contributed by atoms with Gasteiger partial charge in [-0.15, -0.1) is 0 Å². The number of sulfonamides is 1. The predicted octanol–water partition coefficient (Wildman–Crippen LogP) is 6.72. The van der Waals surface area contributed by atoms with Gasteiger partial charge in [-0.25, -0.2) is 13.2 Å². The van der Waals surface area contributed by atoms with Gasteiger partial charge in [-0.2, -0.15) is 5.10 Å². The van der Waals surface area contributed by atoms with Crippen LogP contribution < -0.4 is 14.8 Å². The van der Waals surface area contributed by atoms with Crippen molar-refractivity contribution in [2.45, 2.75) is 24.3 Å². The maximum Gasteiger partial charge on any atom is 0.326 e. The van der Waals surface area contributed by atoms with Crippen molar-refractivity contribution in [1.29, 1.82) is 0 Å². The third-order valence-corrected chi connectivity index (χ3v) is 9.30. The second kappa shape index (κ2) is 13.7. The number of aryl methyl sites for hydroxylation is 2. The van der Waals surface area contributed by atoms with Crippen LogP contribution in [0.15, 0.2) is 102 Å². The molecule has 0 aliphatic rings. The van der Waals surface area contributed by atoms with E-state index in [1.807, 2.05) is 66.7 Å². The van der Waals surface area contributed by atoms with Crippen molar-refractivity contribution in [3.63, 3.8) is 0 Å². The number of hydrogen-bond donors (Lipinski definition) is 3. The number of para-hydroxylation sites is 2. The highest BCUT2D eigenvalue weighted by Crippen LogP contribution is 2.34. The molecule has 0 aliphatic heterocycles. The Morgan fingerprint density at radius 3 is 2.28 bits per heavy atom. The number of aromatic nitrogens is 2. The number of carbonyl (C=O) groups is 2. The molecular weight excluding hydrogens is 651 g/mol. The molecule has 3 N–H and O–H groups in total. The topological polar surface area (TPSA) is 140 Å². The second-order valence-corrected chi connectivity index (χ2v) is 12.7. The van der Waals surface area contributed by atoms with E-state index in [-0.39, 0.29) is 38.4 Å². The zero-order chi connectivity index (χ0) is 33.0. The van der Waals surface area contributed by atoms with Crippen LogP contribution in [0.3, 0.4) is 0 Å². The summed E-state index contributed by atoms with van der Waals surface area (Å²) in [5.74, 6) is -0.768. The molecule has 0 saturated carbocycles. The van der Waals surface area contributed by atoms with Crippen LogP contribution in [0.25, 0.3) is 11.1 Å². The summed E-state index contributed by atoms with van der Waals surface area (Å²) in [6, 6.07) is 26.8. The molecule has 10 nitrogen and oxygen atoms in total. The normalized spacial score (nSPS) is 11.9. The van der Waals surface area contributed by atoms with E-state index in [4.69, 9.17) is 27.9 Å². The Labute approximate surface area is 275 Å². The van der Waals surface area contributed by atoms with Crippen LogP contribution in [-0.2, 0) is 28.3 Å². The highest BCUT2D eigenvalue weighted by Gasteiger charge is 2.28. The molecule has 236 valence electrons. The van der Waals surface area contributed by atoms with Gasteiger partial charge in [0.1, 0.15) is 27.6 Å². The van der Waals surface area contributed by atoms with Gasteiger partial charge in [-0.3, -0.25) is 14.2 Å². The highest BCUT2D eigenvalue weighted by atomic mass is 35.5. The fourth-order valence-corrected chi connectivity index (χ4v) is 6.81. The van der Waals surface area contributed by atoms with Gasteiger partial charge >= 0.3 is 5.97 Å². The van der Waals surface area contributed by atoms with Crippen molar-refractivity contribution in [2.75, 3.05) is 4.72 Å². The summed E-state index contributed by atoms with van der Waals surface area (Å²) in [6.45, 7) is 1.48. The molecule has 0 radical (unpaired) electrons. The maximum atomic E-state index is 13.4. The van der Waals surface area contributed by atoms with Crippen molar-refractivity contribution in [3.05, 3.63) is 124 Å². The van der Waals surface area contributed by atoms with Gasteiger partial charge in [0.25, 0.3) is 15.9 Å². The Morgan fingerprint density at radius 1 is 0.957 bits per heavy atom. The van der Waals surface area contributed by atoms with Crippen LogP contribution in [0, 0.1) is 6.92 Å². The van der Waals surface area contributed by atoms with Crippen molar-refractivity contribution in [1.82, 2.24) is 15.1 Å². The molecule has 0 unspecified atom stereocenters. The predicted molar refractivity (Wildman–Crippen MR) is 176 cm³/mol. The van der Waals surface area contributed by atoms with E-state index < -0.39 is 27.9 Å². The minimum atomic E-state index is -4.28. The smallest absolute Gasteiger partial charge is 0.326 e. The summed E-state index contributed by atoms with van der Waals surface area (Å²) in [5, 5.41) is 16.5. The Hall–Kier alpha value is -4.84. The number of ether oxygens (including phenoxy) is 1. The van der Waals surface area contributed by atoms with Gasteiger partial charge in [-0.1, -0.05) is 83.9 Å².